The number of unbranched alkanes of at least 4 members (excludes halogenated alkanes) is 1. The minimum absolute atomic E-state index is 0.0786. The van der Waals surface area contributed by atoms with Crippen molar-refractivity contribution in [1.82, 2.24) is 10.9 Å². The second kappa shape index (κ2) is 7.88. The lowest BCUT2D eigenvalue weighted by atomic mass is 10.2. The smallest absolute Gasteiger partial charge is 0.234 e. The number of hydrogen-bond donors (Lipinski definition) is 2. The Bertz CT molecular complexity index is 298. The molecule has 88 valence electrons. The molecule has 0 atom stereocenters. The minimum Gasteiger partial charge on any atom is -0.292 e. The van der Waals surface area contributed by atoms with Gasteiger partial charge in [-0.15, -0.1) is 0 Å². The molecule has 0 unspecified atom stereocenters. The zero-order valence-electron chi connectivity index (χ0n) is 9.83. The van der Waals surface area contributed by atoms with E-state index in [2.05, 4.69) is 29.9 Å². The van der Waals surface area contributed by atoms with Gasteiger partial charge in [0.2, 0.25) is 5.91 Å². The van der Waals surface area contributed by atoms with Gasteiger partial charge in [-0.2, -0.15) is 0 Å². The average Bonchev–Trinajstić information content (AvgIpc) is 2.33. The molecule has 0 saturated heterocycles. The topological polar surface area (TPSA) is 41.1 Å². The predicted octanol–water partition coefficient (Wildman–Crippen LogP) is 2.04. The summed E-state index contributed by atoms with van der Waals surface area (Å²) in [6.45, 7) is 2.85. The summed E-state index contributed by atoms with van der Waals surface area (Å²) in [6, 6.07) is 10.2. The highest BCUT2D eigenvalue weighted by molar-refractivity contribution is 5.75. The summed E-state index contributed by atoms with van der Waals surface area (Å²) < 4.78 is 0. The van der Waals surface area contributed by atoms with Gasteiger partial charge in [0.25, 0.3) is 0 Å². The van der Waals surface area contributed by atoms with Gasteiger partial charge in [-0.3, -0.25) is 10.2 Å². The Morgan fingerprint density at radius 1 is 1.25 bits per heavy atom. The highest BCUT2D eigenvalue weighted by Crippen LogP contribution is 1.97. The van der Waals surface area contributed by atoms with E-state index in [1.54, 1.807) is 0 Å². The molecule has 0 saturated carbocycles. The highest BCUT2D eigenvalue weighted by Gasteiger charge is 1.98. The summed E-state index contributed by atoms with van der Waals surface area (Å²) in [5.41, 5.74) is 6.92. The molecule has 0 fully saturated rings. The number of rotatable bonds is 7. The molecular weight excluding hydrogens is 200 g/mol. The SMILES string of the molecule is CCCCC(=O)NNCCc1ccccc1. The van der Waals surface area contributed by atoms with E-state index in [4.69, 9.17) is 0 Å². The quantitative estimate of drug-likeness (QED) is 0.545. The molecule has 0 heterocycles. The number of carbonyl (C=O) groups is 1. The molecule has 0 aliphatic carbocycles. The largest absolute Gasteiger partial charge is 0.292 e. The first-order valence-electron chi connectivity index (χ1n) is 5.88. The highest BCUT2D eigenvalue weighted by atomic mass is 16.2. The van der Waals surface area contributed by atoms with Crippen molar-refractivity contribution in [2.75, 3.05) is 6.54 Å². The Hall–Kier alpha value is -1.35. The van der Waals surface area contributed by atoms with E-state index in [1.807, 2.05) is 18.2 Å². The van der Waals surface area contributed by atoms with E-state index in [1.165, 1.54) is 5.56 Å². The fourth-order valence-electron chi connectivity index (χ4n) is 1.41. The van der Waals surface area contributed by atoms with Crippen LogP contribution in [0.3, 0.4) is 0 Å². The first kappa shape index (κ1) is 12.7. The number of amides is 1. The van der Waals surface area contributed by atoms with Gasteiger partial charge in [0.15, 0.2) is 0 Å². The van der Waals surface area contributed by atoms with Crippen molar-refractivity contribution in [3.8, 4) is 0 Å². The zero-order valence-corrected chi connectivity index (χ0v) is 9.83. The van der Waals surface area contributed by atoms with Gasteiger partial charge < -0.3 is 0 Å². The first-order valence-corrected chi connectivity index (χ1v) is 5.88. The van der Waals surface area contributed by atoms with Crippen LogP contribution in [0.2, 0.25) is 0 Å². The molecule has 1 amide bonds. The van der Waals surface area contributed by atoms with E-state index in [-0.39, 0.29) is 5.91 Å². The van der Waals surface area contributed by atoms with Gasteiger partial charge in [-0.05, 0) is 18.4 Å². The van der Waals surface area contributed by atoms with E-state index >= 15 is 0 Å². The third-order valence-corrected chi connectivity index (χ3v) is 2.37. The third-order valence-electron chi connectivity index (χ3n) is 2.37. The van der Waals surface area contributed by atoms with Crippen LogP contribution in [-0.4, -0.2) is 12.5 Å². The van der Waals surface area contributed by atoms with Crippen LogP contribution in [0.15, 0.2) is 30.3 Å². The average molecular weight is 220 g/mol. The number of nitrogens with one attached hydrogen (secondary N) is 2. The molecule has 1 aromatic rings. The Labute approximate surface area is 97.2 Å². The lowest BCUT2D eigenvalue weighted by Gasteiger charge is -2.06. The molecule has 0 aliphatic rings. The van der Waals surface area contributed by atoms with Gasteiger partial charge in [-0.25, -0.2) is 5.43 Å². The van der Waals surface area contributed by atoms with E-state index < -0.39 is 0 Å². The fraction of sp³-hybridized carbons (Fsp3) is 0.462. The van der Waals surface area contributed by atoms with Crippen molar-refractivity contribution in [3.05, 3.63) is 35.9 Å². The number of carbonyl (C=O) groups excluding carboxylic acids is 1. The molecule has 0 spiro atoms. The first-order chi connectivity index (χ1) is 7.83. The molecule has 16 heavy (non-hydrogen) atoms. The van der Waals surface area contributed by atoms with Crippen molar-refractivity contribution in [3.63, 3.8) is 0 Å². The van der Waals surface area contributed by atoms with Gasteiger partial charge >= 0.3 is 0 Å². The summed E-state index contributed by atoms with van der Waals surface area (Å²) in [6.07, 6.45) is 3.54. The number of hydrazine groups is 1. The van der Waals surface area contributed by atoms with Crippen LogP contribution < -0.4 is 10.9 Å². The van der Waals surface area contributed by atoms with Crippen LogP contribution in [0.5, 0.6) is 0 Å². The Kier molecular flexibility index (Phi) is 6.26. The molecule has 2 N–H and O–H groups in total. The van der Waals surface area contributed by atoms with E-state index in [9.17, 15) is 4.79 Å². The fourth-order valence-corrected chi connectivity index (χ4v) is 1.41. The summed E-state index contributed by atoms with van der Waals surface area (Å²) in [5.74, 6) is 0.0786. The molecule has 3 heteroatoms. The summed E-state index contributed by atoms with van der Waals surface area (Å²) in [5, 5.41) is 0. The van der Waals surface area contributed by atoms with Crippen LogP contribution in [0.1, 0.15) is 31.7 Å². The van der Waals surface area contributed by atoms with Crippen LogP contribution >= 0.6 is 0 Å². The molecule has 3 nitrogen and oxygen atoms in total. The van der Waals surface area contributed by atoms with Crippen LogP contribution in [-0.2, 0) is 11.2 Å². The van der Waals surface area contributed by atoms with Gasteiger partial charge in [-0.1, -0.05) is 43.7 Å². The van der Waals surface area contributed by atoms with Gasteiger partial charge in [0.1, 0.15) is 0 Å². The molecule has 0 aliphatic heterocycles. The third kappa shape index (κ3) is 5.51. The lowest BCUT2D eigenvalue weighted by Crippen LogP contribution is -2.38. The molecular formula is C13H20N2O. The molecule has 0 aromatic heterocycles. The standard InChI is InChI=1S/C13H20N2O/c1-2-3-9-13(16)15-14-11-10-12-7-5-4-6-8-12/h4-8,14H,2-3,9-11H2,1H3,(H,15,16). The molecule has 1 aromatic carbocycles. The zero-order chi connectivity index (χ0) is 11.6. The monoisotopic (exact) mass is 220 g/mol. The normalized spacial score (nSPS) is 10.1. The number of hydrogen-bond acceptors (Lipinski definition) is 2. The van der Waals surface area contributed by atoms with E-state index in [0.717, 1.165) is 25.8 Å². The van der Waals surface area contributed by atoms with Crippen LogP contribution in [0.25, 0.3) is 0 Å². The second-order valence-corrected chi connectivity index (χ2v) is 3.81. The Morgan fingerprint density at radius 3 is 2.69 bits per heavy atom. The van der Waals surface area contributed by atoms with Crippen molar-refractivity contribution in [1.29, 1.82) is 0 Å². The van der Waals surface area contributed by atoms with Crippen molar-refractivity contribution >= 4 is 5.91 Å². The Balaban J connectivity index is 2.06. The van der Waals surface area contributed by atoms with Gasteiger partial charge in [0, 0.05) is 13.0 Å². The van der Waals surface area contributed by atoms with Gasteiger partial charge in [0.05, 0.1) is 0 Å². The lowest BCUT2D eigenvalue weighted by molar-refractivity contribution is -0.122. The van der Waals surface area contributed by atoms with Crippen LogP contribution in [0, 0.1) is 0 Å². The maximum Gasteiger partial charge on any atom is 0.234 e. The molecule has 1 rings (SSSR count). The summed E-state index contributed by atoms with van der Waals surface area (Å²) in [4.78, 5) is 11.2. The van der Waals surface area contributed by atoms with E-state index in [0.29, 0.717) is 6.42 Å². The van der Waals surface area contributed by atoms with Crippen molar-refractivity contribution < 1.29 is 4.79 Å². The number of benzene rings is 1. The molecule has 0 bridgehead atoms. The predicted molar refractivity (Wildman–Crippen MR) is 65.8 cm³/mol. The Morgan fingerprint density at radius 2 is 2.00 bits per heavy atom. The minimum atomic E-state index is 0.0786. The van der Waals surface area contributed by atoms with Crippen molar-refractivity contribution in [2.24, 2.45) is 0 Å². The molecule has 0 radical (unpaired) electrons. The maximum absolute atomic E-state index is 11.2. The van der Waals surface area contributed by atoms with Crippen molar-refractivity contribution in [2.45, 2.75) is 32.6 Å². The second-order valence-electron chi connectivity index (χ2n) is 3.81. The maximum atomic E-state index is 11.2. The van der Waals surface area contributed by atoms with Crippen LogP contribution in [0.4, 0.5) is 0 Å². The summed E-state index contributed by atoms with van der Waals surface area (Å²) >= 11 is 0. The summed E-state index contributed by atoms with van der Waals surface area (Å²) in [7, 11) is 0.